The number of benzene rings is 3. The van der Waals surface area contributed by atoms with Crippen molar-refractivity contribution < 1.29 is 10.2 Å². The fraction of sp³-hybridized carbons (Fsp3) is 0.0909. The van der Waals surface area contributed by atoms with Gasteiger partial charge < -0.3 is 10.2 Å². The molecular formula is C22H20N2O2. The predicted octanol–water partition coefficient (Wildman–Crippen LogP) is 3.91. The molecule has 4 nitrogen and oxygen atoms in total. The number of nitrogens with zero attached hydrogens (tertiary/aromatic N) is 2. The quantitative estimate of drug-likeness (QED) is 0.666. The topological polar surface area (TPSA) is 65.2 Å². The van der Waals surface area contributed by atoms with E-state index in [1.165, 1.54) is 0 Å². The lowest BCUT2D eigenvalue weighted by molar-refractivity contribution is 0.189. The number of aliphatic hydroxyl groups is 2. The molecule has 3 aromatic carbocycles. The minimum atomic E-state index is -0.895. The van der Waals surface area contributed by atoms with Crippen LogP contribution in [0.2, 0.25) is 0 Å². The summed E-state index contributed by atoms with van der Waals surface area (Å²) in [6, 6.07) is 26.1. The molecule has 0 radical (unpaired) electrons. The van der Waals surface area contributed by atoms with Gasteiger partial charge in [0.2, 0.25) is 0 Å². The average molecular weight is 344 g/mol. The fourth-order valence-corrected chi connectivity index (χ4v) is 2.46. The van der Waals surface area contributed by atoms with Crippen LogP contribution >= 0.6 is 0 Å². The first-order valence-corrected chi connectivity index (χ1v) is 8.35. The third-order valence-corrected chi connectivity index (χ3v) is 3.84. The summed E-state index contributed by atoms with van der Waals surface area (Å²) in [6.07, 6.45) is 1.47. The molecule has 3 rings (SSSR count). The number of aliphatic imine (C=N–C) groups is 2. The first-order chi connectivity index (χ1) is 12.7. The molecule has 3 aromatic rings. The molecule has 26 heavy (non-hydrogen) atoms. The summed E-state index contributed by atoms with van der Waals surface area (Å²) in [7, 11) is 0. The van der Waals surface area contributed by atoms with Gasteiger partial charge in [-0.15, -0.1) is 0 Å². The van der Waals surface area contributed by atoms with Crippen LogP contribution in [-0.4, -0.2) is 22.6 Å². The van der Waals surface area contributed by atoms with Gasteiger partial charge in [-0.3, -0.25) is 9.98 Å². The van der Waals surface area contributed by atoms with Gasteiger partial charge >= 0.3 is 0 Å². The van der Waals surface area contributed by atoms with Crippen LogP contribution in [0.1, 0.15) is 34.7 Å². The largest absolute Gasteiger partial charge is 0.368 e. The molecule has 2 N–H and O–H groups in total. The summed E-state index contributed by atoms with van der Waals surface area (Å²) >= 11 is 0. The summed E-state index contributed by atoms with van der Waals surface area (Å²) in [6.45, 7) is 0. The van der Waals surface area contributed by atoms with E-state index in [0.29, 0.717) is 0 Å². The van der Waals surface area contributed by atoms with Crippen molar-refractivity contribution in [2.75, 3.05) is 0 Å². The normalized spacial score (nSPS) is 13.9. The molecule has 4 heteroatoms. The lowest BCUT2D eigenvalue weighted by atomic mass is 10.1. The summed E-state index contributed by atoms with van der Waals surface area (Å²) in [5.41, 5.74) is 3.18. The van der Waals surface area contributed by atoms with Crippen molar-refractivity contribution in [3.8, 4) is 0 Å². The molecule has 0 saturated heterocycles. The molecule has 0 fully saturated rings. The van der Waals surface area contributed by atoms with Gasteiger partial charge in [-0.05, 0) is 17.2 Å². The Balaban J connectivity index is 1.68. The lowest BCUT2D eigenvalue weighted by Crippen LogP contribution is -1.96. The van der Waals surface area contributed by atoms with Crippen LogP contribution in [0.25, 0.3) is 0 Å². The van der Waals surface area contributed by atoms with Gasteiger partial charge in [0.05, 0.1) is 0 Å². The van der Waals surface area contributed by atoms with Crippen LogP contribution in [0.4, 0.5) is 0 Å². The number of hydrogen-bond acceptors (Lipinski definition) is 4. The Hall–Kier alpha value is -3.08. The Bertz CT molecular complexity index is 806. The highest BCUT2D eigenvalue weighted by atomic mass is 16.3. The van der Waals surface area contributed by atoms with Gasteiger partial charge in [0.25, 0.3) is 0 Å². The van der Waals surface area contributed by atoms with Crippen molar-refractivity contribution in [1.29, 1.82) is 0 Å². The molecule has 0 aliphatic heterocycles. The Morgan fingerprint density at radius 3 is 1.42 bits per heavy atom. The first kappa shape index (κ1) is 17.7. The van der Waals surface area contributed by atoms with Crippen LogP contribution in [0.5, 0.6) is 0 Å². The summed E-state index contributed by atoms with van der Waals surface area (Å²) in [5, 5.41) is 20.2. The second kappa shape index (κ2) is 8.85. The van der Waals surface area contributed by atoms with Crippen LogP contribution in [0.3, 0.4) is 0 Å². The lowest BCUT2D eigenvalue weighted by Gasteiger charge is -2.06. The van der Waals surface area contributed by atoms with Crippen molar-refractivity contribution >= 4 is 12.4 Å². The molecule has 0 amide bonds. The van der Waals surface area contributed by atoms with E-state index in [1.807, 2.05) is 84.9 Å². The second-order valence-corrected chi connectivity index (χ2v) is 5.80. The van der Waals surface area contributed by atoms with E-state index in [4.69, 9.17) is 0 Å². The molecule has 0 aromatic heterocycles. The molecule has 0 aliphatic carbocycles. The molecule has 0 heterocycles. The zero-order chi connectivity index (χ0) is 18.2. The first-order valence-electron chi connectivity index (χ1n) is 8.35. The van der Waals surface area contributed by atoms with Gasteiger partial charge in [0, 0.05) is 23.6 Å². The van der Waals surface area contributed by atoms with Gasteiger partial charge in [-0.2, -0.15) is 0 Å². The third-order valence-electron chi connectivity index (χ3n) is 3.84. The van der Waals surface area contributed by atoms with E-state index < -0.39 is 12.5 Å². The zero-order valence-electron chi connectivity index (χ0n) is 14.2. The zero-order valence-corrected chi connectivity index (χ0v) is 14.2. The smallest absolute Gasteiger partial charge is 0.171 e. The van der Waals surface area contributed by atoms with Crippen molar-refractivity contribution in [3.63, 3.8) is 0 Å². The Labute approximate surface area is 152 Å². The molecular weight excluding hydrogens is 324 g/mol. The second-order valence-electron chi connectivity index (χ2n) is 5.80. The number of rotatable bonds is 6. The van der Waals surface area contributed by atoms with Crippen molar-refractivity contribution in [1.82, 2.24) is 0 Å². The maximum absolute atomic E-state index is 10.1. The van der Waals surface area contributed by atoms with E-state index in [2.05, 4.69) is 9.98 Å². The van der Waals surface area contributed by atoms with Crippen LogP contribution < -0.4 is 0 Å². The highest BCUT2D eigenvalue weighted by Gasteiger charge is 2.04. The van der Waals surface area contributed by atoms with Gasteiger partial charge in [-0.25, -0.2) is 0 Å². The Kier molecular flexibility index (Phi) is 6.04. The summed E-state index contributed by atoms with van der Waals surface area (Å²) < 4.78 is 0. The van der Waals surface area contributed by atoms with E-state index in [9.17, 15) is 10.2 Å². The van der Waals surface area contributed by atoms with E-state index in [0.717, 1.165) is 22.3 Å². The van der Waals surface area contributed by atoms with Gasteiger partial charge in [-0.1, -0.05) is 78.9 Å². The molecule has 0 unspecified atom stereocenters. The SMILES string of the molecule is O[C@H](/N=C/c1cccc(/C=N/[C@@H](O)c2ccccc2)c1)c1ccccc1. The summed E-state index contributed by atoms with van der Waals surface area (Å²) in [5.74, 6) is 0. The monoisotopic (exact) mass is 344 g/mol. The van der Waals surface area contributed by atoms with Gasteiger partial charge in [0.1, 0.15) is 0 Å². The number of hydrogen-bond donors (Lipinski definition) is 2. The molecule has 130 valence electrons. The van der Waals surface area contributed by atoms with E-state index in [-0.39, 0.29) is 0 Å². The molecule has 0 aliphatic rings. The highest BCUT2D eigenvalue weighted by Crippen LogP contribution is 2.15. The minimum absolute atomic E-state index is 0.743. The maximum Gasteiger partial charge on any atom is 0.171 e. The number of aliphatic hydroxyl groups excluding tert-OH is 2. The standard InChI is InChI=1S/C22H20N2O2/c25-21(19-10-3-1-4-11-19)23-15-17-8-7-9-18(14-17)16-24-22(26)20-12-5-2-6-13-20/h1-16,21-22,25-26H/b23-15+,24-16+/t21-,22-/m0/s1. The van der Waals surface area contributed by atoms with E-state index >= 15 is 0 Å². The minimum Gasteiger partial charge on any atom is -0.368 e. The van der Waals surface area contributed by atoms with Crippen LogP contribution in [0.15, 0.2) is 94.9 Å². The Morgan fingerprint density at radius 1 is 0.577 bits per heavy atom. The van der Waals surface area contributed by atoms with Crippen LogP contribution in [-0.2, 0) is 0 Å². The summed E-state index contributed by atoms with van der Waals surface area (Å²) in [4.78, 5) is 8.37. The van der Waals surface area contributed by atoms with E-state index in [1.54, 1.807) is 12.4 Å². The molecule has 0 spiro atoms. The third kappa shape index (κ3) is 4.96. The van der Waals surface area contributed by atoms with Crippen LogP contribution in [0, 0.1) is 0 Å². The average Bonchev–Trinajstić information content (AvgIpc) is 2.72. The molecule has 2 atom stereocenters. The van der Waals surface area contributed by atoms with Gasteiger partial charge in [0.15, 0.2) is 12.5 Å². The van der Waals surface area contributed by atoms with Crippen molar-refractivity contribution in [2.45, 2.75) is 12.5 Å². The van der Waals surface area contributed by atoms with Crippen molar-refractivity contribution in [3.05, 3.63) is 107 Å². The molecule has 0 bridgehead atoms. The maximum atomic E-state index is 10.1. The molecule has 0 saturated carbocycles. The Morgan fingerprint density at radius 2 is 1.00 bits per heavy atom. The highest BCUT2D eigenvalue weighted by molar-refractivity contribution is 5.86. The predicted molar refractivity (Wildman–Crippen MR) is 104 cm³/mol. The fourth-order valence-electron chi connectivity index (χ4n) is 2.46. The van der Waals surface area contributed by atoms with Crippen molar-refractivity contribution in [2.24, 2.45) is 9.98 Å².